The van der Waals surface area contributed by atoms with E-state index in [4.69, 9.17) is 5.73 Å². The quantitative estimate of drug-likeness (QED) is 0.653. The number of sulfone groups is 1. The van der Waals surface area contributed by atoms with Crippen LogP contribution >= 0.6 is 0 Å². The number of rotatable bonds is 0. The van der Waals surface area contributed by atoms with Gasteiger partial charge < -0.3 is 11.1 Å². The van der Waals surface area contributed by atoms with Crippen molar-refractivity contribution in [2.45, 2.75) is 24.3 Å². The van der Waals surface area contributed by atoms with Crippen molar-refractivity contribution in [2.24, 2.45) is 0 Å². The molecule has 5 heteroatoms. The molecule has 0 bridgehead atoms. The maximum Gasteiger partial charge on any atom is 0.182 e. The highest BCUT2D eigenvalue weighted by Crippen LogP contribution is 2.33. The fraction of sp³-hybridized carbons (Fsp3) is 0.400. The summed E-state index contributed by atoms with van der Waals surface area (Å²) in [6.07, 6.45) is 0. The van der Waals surface area contributed by atoms with Gasteiger partial charge >= 0.3 is 0 Å². The first-order chi connectivity index (χ1) is 6.80. The number of hydrogen-bond acceptors (Lipinski definition) is 4. The fourth-order valence-electron chi connectivity index (χ4n) is 1.85. The van der Waals surface area contributed by atoms with Crippen LogP contribution in [-0.4, -0.2) is 19.7 Å². The van der Waals surface area contributed by atoms with Crippen LogP contribution < -0.4 is 11.1 Å². The van der Waals surface area contributed by atoms with Gasteiger partial charge in [0.05, 0.1) is 16.3 Å². The Hall–Kier alpha value is -1.23. The maximum atomic E-state index is 11.9. The van der Waals surface area contributed by atoms with E-state index in [0.717, 1.165) is 0 Å². The molecule has 3 N–H and O–H groups in total. The summed E-state index contributed by atoms with van der Waals surface area (Å²) in [5, 5.41) is 3.18. The van der Waals surface area contributed by atoms with Crippen LogP contribution in [0.1, 0.15) is 13.8 Å². The van der Waals surface area contributed by atoms with Crippen LogP contribution in [0.4, 0.5) is 11.4 Å². The van der Waals surface area contributed by atoms with Crippen LogP contribution in [0.3, 0.4) is 0 Å². The minimum atomic E-state index is -3.21. The first kappa shape index (κ1) is 10.3. The standard InChI is InChI=1S/C10H14N2O2S/c1-10(2)6-15(13,14)9-5-7(11)3-4-8(9)12-10/h3-5,12H,6,11H2,1-2H3. The molecule has 0 spiro atoms. The van der Waals surface area contributed by atoms with Gasteiger partial charge in [-0.05, 0) is 32.0 Å². The van der Waals surface area contributed by atoms with E-state index in [2.05, 4.69) is 5.32 Å². The highest BCUT2D eigenvalue weighted by molar-refractivity contribution is 7.91. The lowest BCUT2D eigenvalue weighted by atomic mass is 10.1. The highest BCUT2D eigenvalue weighted by Gasteiger charge is 2.34. The van der Waals surface area contributed by atoms with Crippen molar-refractivity contribution < 1.29 is 8.42 Å². The zero-order valence-corrected chi connectivity index (χ0v) is 9.56. The molecule has 15 heavy (non-hydrogen) atoms. The normalized spacial score (nSPS) is 21.5. The Morgan fingerprint density at radius 1 is 1.40 bits per heavy atom. The molecule has 0 unspecified atom stereocenters. The number of nitrogens with two attached hydrogens (primary N) is 1. The summed E-state index contributed by atoms with van der Waals surface area (Å²) in [6, 6.07) is 4.92. The van der Waals surface area contributed by atoms with Gasteiger partial charge in [-0.3, -0.25) is 0 Å². The Kier molecular flexibility index (Phi) is 1.98. The van der Waals surface area contributed by atoms with Crippen molar-refractivity contribution in [2.75, 3.05) is 16.8 Å². The van der Waals surface area contributed by atoms with Crippen LogP contribution in [0.5, 0.6) is 0 Å². The monoisotopic (exact) mass is 226 g/mol. The summed E-state index contributed by atoms with van der Waals surface area (Å²) >= 11 is 0. The predicted molar refractivity (Wildman–Crippen MR) is 60.6 cm³/mol. The molecule has 0 aromatic heterocycles. The molecule has 1 aromatic rings. The average molecular weight is 226 g/mol. The van der Waals surface area contributed by atoms with Gasteiger partial charge in [0.2, 0.25) is 0 Å². The van der Waals surface area contributed by atoms with Crippen LogP contribution in [0.2, 0.25) is 0 Å². The summed E-state index contributed by atoms with van der Waals surface area (Å²) in [5.74, 6) is 0.0937. The van der Waals surface area contributed by atoms with Crippen molar-refractivity contribution in [3.63, 3.8) is 0 Å². The zero-order valence-electron chi connectivity index (χ0n) is 8.74. The van der Waals surface area contributed by atoms with E-state index in [1.165, 1.54) is 6.07 Å². The second-order valence-electron chi connectivity index (χ2n) is 4.52. The molecule has 4 nitrogen and oxygen atoms in total. The molecule has 1 aliphatic heterocycles. The van der Waals surface area contributed by atoms with Crippen molar-refractivity contribution in [1.29, 1.82) is 0 Å². The highest BCUT2D eigenvalue weighted by atomic mass is 32.2. The van der Waals surface area contributed by atoms with E-state index in [1.807, 2.05) is 13.8 Å². The van der Waals surface area contributed by atoms with Gasteiger partial charge in [-0.25, -0.2) is 8.42 Å². The summed E-state index contributed by atoms with van der Waals surface area (Å²) in [5.41, 5.74) is 6.26. The second-order valence-corrected chi connectivity index (χ2v) is 6.48. The predicted octanol–water partition coefficient (Wildman–Crippen LogP) is 1.25. The number of hydrogen-bond donors (Lipinski definition) is 2. The molecule has 0 saturated heterocycles. The molecule has 82 valence electrons. The Bertz CT molecular complexity index is 506. The summed E-state index contributed by atoms with van der Waals surface area (Å²) in [6.45, 7) is 3.73. The first-order valence-corrected chi connectivity index (χ1v) is 6.36. The smallest absolute Gasteiger partial charge is 0.182 e. The van der Waals surface area contributed by atoms with Crippen LogP contribution in [0.25, 0.3) is 0 Å². The SMILES string of the molecule is CC1(C)CS(=O)(=O)c2cc(N)ccc2N1. The van der Waals surface area contributed by atoms with Crippen LogP contribution in [-0.2, 0) is 9.84 Å². The average Bonchev–Trinajstić information content (AvgIpc) is 2.03. The van der Waals surface area contributed by atoms with Gasteiger partial charge in [-0.2, -0.15) is 0 Å². The van der Waals surface area contributed by atoms with Crippen molar-refractivity contribution in [3.05, 3.63) is 18.2 Å². The molecular formula is C10H14N2O2S. The van der Waals surface area contributed by atoms with Gasteiger partial charge in [0.25, 0.3) is 0 Å². The zero-order chi connectivity index (χ0) is 11.3. The molecule has 1 aromatic carbocycles. The van der Waals surface area contributed by atoms with Crippen molar-refractivity contribution in [1.82, 2.24) is 0 Å². The van der Waals surface area contributed by atoms with Crippen molar-refractivity contribution in [3.8, 4) is 0 Å². The molecule has 0 atom stereocenters. The largest absolute Gasteiger partial charge is 0.399 e. The van der Waals surface area contributed by atoms with Gasteiger partial charge in [0.15, 0.2) is 9.84 Å². The molecule has 0 fully saturated rings. The molecular weight excluding hydrogens is 212 g/mol. The lowest BCUT2D eigenvalue weighted by Gasteiger charge is -2.33. The molecule has 0 amide bonds. The van der Waals surface area contributed by atoms with E-state index < -0.39 is 15.4 Å². The number of nitrogens with one attached hydrogen (secondary N) is 1. The Balaban J connectivity index is 2.66. The minimum absolute atomic E-state index is 0.0937. The van der Waals surface area contributed by atoms with E-state index in [1.54, 1.807) is 12.1 Å². The van der Waals surface area contributed by atoms with Gasteiger partial charge in [-0.15, -0.1) is 0 Å². The topological polar surface area (TPSA) is 72.2 Å². The fourth-order valence-corrected chi connectivity index (χ4v) is 3.80. The minimum Gasteiger partial charge on any atom is -0.399 e. The second kappa shape index (κ2) is 2.88. The molecule has 0 saturated carbocycles. The molecule has 1 aliphatic rings. The Morgan fingerprint density at radius 2 is 2.07 bits per heavy atom. The number of anilines is 2. The van der Waals surface area contributed by atoms with Gasteiger partial charge in [0.1, 0.15) is 0 Å². The Morgan fingerprint density at radius 3 is 2.73 bits per heavy atom. The van der Waals surface area contributed by atoms with Gasteiger partial charge in [-0.1, -0.05) is 0 Å². The summed E-state index contributed by atoms with van der Waals surface area (Å²) in [4.78, 5) is 0.307. The molecule has 0 radical (unpaired) electrons. The molecule has 1 heterocycles. The molecule has 2 rings (SSSR count). The van der Waals surface area contributed by atoms with Crippen LogP contribution in [0, 0.1) is 0 Å². The maximum absolute atomic E-state index is 11.9. The van der Waals surface area contributed by atoms with E-state index >= 15 is 0 Å². The summed E-state index contributed by atoms with van der Waals surface area (Å²) in [7, 11) is -3.21. The van der Waals surface area contributed by atoms with E-state index in [0.29, 0.717) is 16.3 Å². The number of nitrogen functional groups attached to an aromatic ring is 1. The third-order valence-electron chi connectivity index (χ3n) is 2.36. The first-order valence-electron chi connectivity index (χ1n) is 4.71. The lowest BCUT2D eigenvalue weighted by molar-refractivity contribution is 0.556. The number of fused-ring (bicyclic) bond motifs is 1. The van der Waals surface area contributed by atoms with E-state index in [-0.39, 0.29) is 5.75 Å². The Labute approximate surface area is 89.4 Å². The van der Waals surface area contributed by atoms with Gasteiger partial charge in [0, 0.05) is 11.2 Å². The summed E-state index contributed by atoms with van der Waals surface area (Å²) < 4.78 is 23.9. The van der Waals surface area contributed by atoms with Crippen LogP contribution in [0.15, 0.2) is 23.1 Å². The molecule has 0 aliphatic carbocycles. The van der Waals surface area contributed by atoms with Crippen molar-refractivity contribution >= 4 is 21.2 Å². The number of benzene rings is 1. The lowest BCUT2D eigenvalue weighted by Crippen LogP contribution is -2.42. The third-order valence-corrected chi connectivity index (χ3v) is 4.47. The third kappa shape index (κ3) is 1.79. The van der Waals surface area contributed by atoms with E-state index in [9.17, 15) is 8.42 Å².